The molecule has 6 heteroatoms. The number of fused-ring (bicyclic) bond motifs is 5. The normalized spacial score (nSPS) is 25.8. The van der Waals surface area contributed by atoms with Crippen LogP contribution in [0.3, 0.4) is 0 Å². The van der Waals surface area contributed by atoms with Gasteiger partial charge in [-0.15, -0.1) is 0 Å². The quantitative estimate of drug-likeness (QED) is 0.410. The third kappa shape index (κ3) is 4.46. The minimum Gasteiger partial charge on any atom is -0.457 e. The van der Waals surface area contributed by atoms with Crippen molar-refractivity contribution in [1.82, 2.24) is 0 Å². The van der Waals surface area contributed by atoms with E-state index >= 15 is 0 Å². The van der Waals surface area contributed by atoms with E-state index in [0.717, 1.165) is 28.7 Å². The summed E-state index contributed by atoms with van der Waals surface area (Å²) >= 11 is 0. The van der Waals surface area contributed by atoms with Gasteiger partial charge in [0.25, 0.3) is 0 Å². The lowest BCUT2D eigenvalue weighted by molar-refractivity contribution is -0.152. The summed E-state index contributed by atoms with van der Waals surface area (Å²) in [4.78, 5) is 40.4. The Balaban J connectivity index is 1.69. The Bertz CT molecular complexity index is 1390. The number of allylic oxidation sites excluding steroid dienone is 3. The highest BCUT2D eigenvalue weighted by molar-refractivity contribution is 7.90. The number of Topliss-reactive ketones (excluding diaryl/α,β-unsaturated/α-hetero) is 1. The Morgan fingerprint density at radius 2 is 1.70 bits per heavy atom. The minimum absolute atomic E-state index is 0.0262. The van der Waals surface area contributed by atoms with Crippen molar-refractivity contribution in [3.8, 4) is 0 Å². The molecule has 5 atom stereocenters. The Labute approximate surface area is 220 Å². The lowest BCUT2D eigenvalue weighted by atomic mass is 9.58. The molecule has 37 heavy (non-hydrogen) atoms. The summed E-state index contributed by atoms with van der Waals surface area (Å²) in [6, 6.07) is 13.4. The Morgan fingerprint density at radius 3 is 2.35 bits per heavy atom. The number of hydrogen-bond acceptors (Lipinski definition) is 5. The summed E-state index contributed by atoms with van der Waals surface area (Å²) < 4.78 is 19.2. The second-order valence-corrected chi connectivity index (χ2v) is 12.8. The predicted molar refractivity (Wildman–Crippen MR) is 143 cm³/mol. The first kappa shape index (κ1) is 25.5. The zero-order valence-electron chi connectivity index (χ0n) is 21.9. The van der Waals surface area contributed by atoms with Crippen LogP contribution in [0.15, 0.2) is 70.0 Å². The van der Waals surface area contributed by atoms with Crippen molar-refractivity contribution in [2.45, 2.75) is 69.8 Å². The van der Waals surface area contributed by atoms with Crippen molar-refractivity contribution >= 4 is 28.3 Å². The maximum absolute atomic E-state index is 14.3. The molecule has 0 amide bonds. The van der Waals surface area contributed by atoms with Gasteiger partial charge in [0.15, 0.2) is 11.6 Å². The summed E-state index contributed by atoms with van der Waals surface area (Å²) in [5, 5.41) is 0. The molecule has 0 unspecified atom stereocenters. The zero-order valence-corrected chi connectivity index (χ0v) is 22.7. The molecule has 2 aromatic carbocycles. The van der Waals surface area contributed by atoms with Gasteiger partial charge in [0.1, 0.15) is 6.10 Å². The van der Waals surface area contributed by atoms with Gasteiger partial charge < -0.3 is 4.74 Å². The predicted octanol–water partition coefficient (Wildman–Crippen LogP) is 5.27. The van der Waals surface area contributed by atoms with E-state index in [0.29, 0.717) is 11.3 Å². The topological polar surface area (TPSA) is 77.5 Å². The number of rotatable bonds is 3. The van der Waals surface area contributed by atoms with Gasteiger partial charge in [0.05, 0.1) is 21.6 Å². The third-order valence-electron chi connectivity index (χ3n) is 7.76. The Hall–Kier alpha value is -3.12. The number of ketones is 2. The highest BCUT2D eigenvalue weighted by Crippen LogP contribution is 2.53. The molecular formula is C31H32O5S. The standard InChI is InChI=1S/C31H32O5S/c1-17-9-13-21(14-10-17)37(35)25-16-23(33)28-24(36-18(2)32)15-20-12-11-19-7-6-8-22(31(3,4)5)26(19)27(20)29(28)30(25)34/h6-10,13-16,24,27-29H,11-12H2,1-5H3/t24-,27-,28-,29+,37-/m0/s1. The lowest BCUT2D eigenvalue weighted by Crippen LogP contribution is -2.50. The number of carbonyl (C=O) groups is 3. The van der Waals surface area contributed by atoms with Gasteiger partial charge in [0, 0.05) is 29.7 Å². The number of hydrogen-bond donors (Lipinski definition) is 0. The second kappa shape index (κ2) is 9.32. The SMILES string of the molecule is CC(=O)O[C@H]1C=C2CCc3cccc(C(C)(C)C)c3[C@H]2[C@H]2C(=O)C([S@@](=O)c3ccc(C)cc3)=CC(=O)[C@H]21. The summed E-state index contributed by atoms with van der Waals surface area (Å²) in [6.45, 7) is 9.69. The molecule has 0 bridgehead atoms. The molecule has 0 saturated heterocycles. The highest BCUT2D eigenvalue weighted by atomic mass is 32.2. The number of benzene rings is 2. The van der Waals surface area contributed by atoms with Crippen LogP contribution < -0.4 is 0 Å². The van der Waals surface area contributed by atoms with E-state index in [1.54, 1.807) is 12.1 Å². The largest absolute Gasteiger partial charge is 0.457 e. The number of ether oxygens (including phenoxy) is 1. The van der Waals surface area contributed by atoms with Crippen LogP contribution in [0.25, 0.3) is 0 Å². The Morgan fingerprint density at radius 1 is 1.00 bits per heavy atom. The smallest absolute Gasteiger partial charge is 0.303 e. The minimum atomic E-state index is -1.79. The van der Waals surface area contributed by atoms with Crippen molar-refractivity contribution in [3.63, 3.8) is 0 Å². The number of esters is 1. The molecule has 0 aliphatic heterocycles. The fourth-order valence-corrected chi connectivity index (χ4v) is 7.32. The highest BCUT2D eigenvalue weighted by Gasteiger charge is 2.54. The van der Waals surface area contributed by atoms with Gasteiger partial charge >= 0.3 is 5.97 Å². The summed E-state index contributed by atoms with van der Waals surface area (Å²) in [5.41, 5.74) is 5.26. The lowest BCUT2D eigenvalue weighted by Gasteiger charge is -2.46. The molecule has 0 aromatic heterocycles. The van der Waals surface area contributed by atoms with Gasteiger partial charge in [-0.05, 0) is 60.1 Å². The van der Waals surface area contributed by atoms with E-state index < -0.39 is 34.7 Å². The average Bonchev–Trinajstić information content (AvgIpc) is 2.84. The molecule has 2 aromatic rings. The van der Waals surface area contributed by atoms with Crippen molar-refractivity contribution in [2.75, 3.05) is 0 Å². The first-order valence-corrected chi connectivity index (χ1v) is 13.9. The van der Waals surface area contributed by atoms with E-state index in [1.807, 2.05) is 25.1 Å². The van der Waals surface area contributed by atoms with Gasteiger partial charge in [-0.3, -0.25) is 14.4 Å². The second-order valence-electron chi connectivity index (χ2n) is 11.3. The fraction of sp³-hybridized carbons (Fsp3) is 0.387. The Kier molecular flexibility index (Phi) is 6.43. The number of carbonyl (C=O) groups excluding carboxylic acids is 3. The number of aryl methyl sites for hydroxylation is 2. The molecular weight excluding hydrogens is 484 g/mol. The molecule has 0 saturated carbocycles. The molecule has 0 spiro atoms. The maximum Gasteiger partial charge on any atom is 0.303 e. The van der Waals surface area contributed by atoms with E-state index in [-0.39, 0.29) is 27.8 Å². The van der Waals surface area contributed by atoms with Crippen molar-refractivity contribution in [2.24, 2.45) is 11.8 Å². The molecule has 0 N–H and O–H groups in total. The van der Waals surface area contributed by atoms with Crippen LogP contribution in [-0.4, -0.2) is 27.8 Å². The summed E-state index contributed by atoms with van der Waals surface area (Å²) in [6.07, 6.45) is 3.84. The van der Waals surface area contributed by atoms with E-state index in [4.69, 9.17) is 4.74 Å². The van der Waals surface area contributed by atoms with Crippen molar-refractivity contribution in [3.05, 3.63) is 87.3 Å². The van der Waals surface area contributed by atoms with Gasteiger partial charge in [-0.1, -0.05) is 62.2 Å². The first-order valence-electron chi connectivity index (χ1n) is 12.8. The van der Waals surface area contributed by atoms with E-state index in [1.165, 1.54) is 18.6 Å². The zero-order chi connectivity index (χ0) is 26.6. The fourth-order valence-electron chi connectivity index (χ4n) is 6.14. The molecule has 5 nitrogen and oxygen atoms in total. The molecule has 3 aliphatic carbocycles. The molecule has 0 fully saturated rings. The summed E-state index contributed by atoms with van der Waals surface area (Å²) in [5.74, 6) is -3.07. The molecule has 3 aliphatic rings. The third-order valence-corrected chi connectivity index (χ3v) is 9.18. The van der Waals surface area contributed by atoms with Crippen LogP contribution in [0.5, 0.6) is 0 Å². The van der Waals surface area contributed by atoms with Crippen LogP contribution in [0.1, 0.15) is 62.3 Å². The van der Waals surface area contributed by atoms with Crippen LogP contribution >= 0.6 is 0 Å². The molecule has 0 heterocycles. The molecule has 5 rings (SSSR count). The average molecular weight is 517 g/mol. The van der Waals surface area contributed by atoms with Gasteiger partial charge in [-0.25, -0.2) is 4.21 Å². The monoisotopic (exact) mass is 516 g/mol. The van der Waals surface area contributed by atoms with E-state index in [9.17, 15) is 18.6 Å². The van der Waals surface area contributed by atoms with Crippen LogP contribution in [0.4, 0.5) is 0 Å². The first-order chi connectivity index (χ1) is 17.5. The van der Waals surface area contributed by atoms with Gasteiger partial charge in [0.2, 0.25) is 0 Å². The van der Waals surface area contributed by atoms with Crippen molar-refractivity contribution in [1.29, 1.82) is 0 Å². The van der Waals surface area contributed by atoms with E-state index in [2.05, 4.69) is 39.0 Å². The van der Waals surface area contributed by atoms with Crippen molar-refractivity contribution < 1.29 is 23.3 Å². The maximum atomic E-state index is 14.3. The molecule has 0 radical (unpaired) electrons. The van der Waals surface area contributed by atoms with Crippen LogP contribution in [0, 0.1) is 18.8 Å². The van der Waals surface area contributed by atoms with Gasteiger partial charge in [-0.2, -0.15) is 0 Å². The van der Waals surface area contributed by atoms with Crippen LogP contribution in [0.2, 0.25) is 0 Å². The molecule has 192 valence electrons. The summed E-state index contributed by atoms with van der Waals surface area (Å²) in [7, 11) is -1.79. The van der Waals surface area contributed by atoms with Crippen LogP contribution in [-0.2, 0) is 41.8 Å².